The molecule has 0 aliphatic heterocycles. The first-order chi connectivity index (χ1) is 11.2. The summed E-state index contributed by atoms with van der Waals surface area (Å²) in [5.41, 5.74) is 6.06. The van der Waals surface area contributed by atoms with Crippen molar-refractivity contribution in [2.45, 2.75) is 38.8 Å². The van der Waals surface area contributed by atoms with Gasteiger partial charge in [0.05, 0.1) is 17.4 Å². The molecule has 1 atom stereocenters. The van der Waals surface area contributed by atoms with Crippen molar-refractivity contribution in [3.8, 4) is 0 Å². The van der Waals surface area contributed by atoms with E-state index in [0.29, 0.717) is 6.04 Å². The third-order valence-electron chi connectivity index (χ3n) is 4.96. The fraction of sp³-hybridized carbons (Fsp3) is 0.368. The van der Waals surface area contributed by atoms with Gasteiger partial charge in [0.2, 0.25) is 0 Å². The van der Waals surface area contributed by atoms with Gasteiger partial charge in [0, 0.05) is 24.6 Å². The van der Waals surface area contributed by atoms with Crippen LogP contribution in [0.4, 0.5) is 0 Å². The zero-order valence-electron chi connectivity index (χ0n) is 13.7. The maximum Gasteiger partial charge on any atom is 0.137 e. The number of hydrogen-bond acceptors (Lipinski definition) is 3. The van der Waals surface area contributed by atoms with Crippen molar-refractivity contribution in [2.24, 2.45) is 0 Å². The van der Waals surface area contributed by atoms with E-state index < -0.39 is 0 Å². The zero-order valence-corrected chi connectivity index (χ0v) is 13.7. The van der Waals surface area contributed by atoms with Gasteiger partial charge < -0.3 is 4.40 Å². The number of hydrogen-bond donors (Lipinski definition) is 0. The first-order valence-corrected chi connectivity index (χ1v) is 8.30. The largest absolute Gasteiger partial charge is 0.304 e. The molecule has 118 valence electrons. The van der Waals surface area contributed by atoms with Gasteiger partial charge in [-0.25, -0.2) is 4.98 Å². The number of rotatable bonds is 3. The lowest BCUT2D eigenvalue weighted by molar-refractivity contribution is 0.206. The van der Waals surface area contributed by atoms with Crippen LogP contribution in [0, 0.1) is 6.92 Å². The van der Waals surface area contributed by atoms with E-state index in [1.165, 1.54) is 29.8 Å². The van der Waals surface area contributed by atoms with Gasteiger partial charge in [0.25, 0.3) is 0 Å². The molecule has 1 aliphatic carbocycles. The lowest BCUT2D eigenvalue weighted by Crippen LogP contribution is -2.28. The Kier molecular flexibility index (Phi) is 3.62. The topological polar surface area (TPSA) is 33.4 Å². The van der Waals surface area contributed by atoms with Crippen LogP contribution in [0.5, 0.6) is 0 Å². The second kappa shape index (κ2) is 5.78. The molecule has 0 fully saturated rings. The summed E-state index contributed by atoms with van der Waals surface area (Å²) < 4.78 is 2.16. The molecule has 0 bridgehead atoms. The van der Waals surface area contributed by atoms with Crippen LogP contribution in [0.2, 0.25) is 0 Å². The summed E-state index contributed by atoms with van der Waals surface area (Å²) in [6.07, 6.45) is 7.56. The van der Waals surface area contributed by atoms with Crippen molar-refractivity contribution in [2.75, 3.05) is 7.05 Å². The molecule has 23 heavy (non-hydrogen) atoms. The van der Waals surface area contributed by atoms with Gasteiger partial charge >= 0.3 is 0 Å². The summed E-state index contributed by atoms with van der Waals surface area (Å²) in [5, 5.41) is 0. The summed E-state index contributed by atoms with van der Waals surface area (Å²) in [6.45, 7) is 3.00. The average Bonchev–Trinajstić information content (AvgIpc) is 2.90. The van der Waals surface area contributed by atoms with E-state index in [-0.39, 0.29) is 0 Å². The Hall–Kier alpha value is -2.20. The molecule has 4 heteroatoms. The van der Waals surface area contributed by atoms with Crippen LogP contribution in [0.3, 0.4) is 0 Å². The average molecular weight is 306 g/mol. The van der Waals surface area contributed by atoms with Crippen molar-refractivity contribution in [3.63, 3.8) is 0 Å². The monoisotopic (exact) mass is 306 g/mol. The zero-order chi connectivity index (χ0) is 15.8. The summed E-state index contributed by atoms with van der Waals surface area (Å²) in [4.78, 5) is 11.9. The quantitative estimate of drug-likeness (QED) is 0.742. The molecule has 0 amide bonds. The molecule has 3 aromatic rings. The van der Waals surface area contributed by atoms with Gasteiger partial charge in [-0.1, -0.05) is 12.1 Å². The fourth-order valence-electron chi connectivity index (χ4n) is 3.68. The molecule has 0 N–H and O–H groups in total. The standard InChI is InChI=1S/C19H22N4/c1-14-16(21-18-10-3-4-12-23(14)18)13-22(2)17-9-5-7-15-8-6-11-20-19(15)17/h3-4,6,8,10-12,17H,5,7,9,13H2,1-2H3. The number of fused-ring (bicyclic) bond motifs is 2. The van der Waals surface area contributed by atoms with Gasteiger partial charge in [0.15, 0.2) is 0 Å². The van der Waals surface area contributed by atoms with Crippen LogP contribution < -0.4 is 0 Å². The van der Waals surface area contributed by atoms with Crippen LogP contribution in [-0.4, -0.2) is 26.3 Å². The lowest BCUT2D eigenvalue weighted by atomic mass is 9.91. The van der Waals surface area contributed by atoms with Gasteiger partial charge in [-0.05, 0) is 57.0 Å². The highest BCUT2D eigenvalue weighted by atomic mass is 15.2. The van der Waals surface area contributed by atoms with Crippen molar-refractivity contribution < 1.29 is 0 Å². The highest BCUT2D eigenvalue weighted by Crippen LogP contribution is 2.32. The number of aromatic nitrogens is 3. The molecule has 1 unspecified atom stereocenters. The Balaban J connectivity index is 1.63. The summed E-state index contributed by atoms with van der Waals surface area (Å²) in [7, 11) is 2.19. The lowest BCUT2D eigenvalue weighted by Gasteiger charge is -2.31. The molecule has 3 heterocycles. The Morgan fingerprint density at radius 2 is 2.17 bits per heavy atom. The number of pyridine rings is 2. The highest BCUT2D eigenvalue weighted by molar-refractivity contribution is 5.42. The summed E-state index contributed by atoms with van der Waals surface area (Å²) in [6, 6.07) is 10.8. The van der Waals surface area contributed by atoms with E-state index in [1.54, 1.807) is 0 Å². The van der Waals surface area contributed by atoms with E-state index in [1.807, 2.05) is 18.3 Å². The molecule has 0 saturated carbocycles. The van der Waals surface area contributed by atoms with Crippen LogP contribution in [0.1, 0.15) is 41.5 Å². The van der Waals surface area contributed by atoms with Crippen molar-refractivity contribution in [1.29, 1.82) is 0 Å². The van der Waals surface area contributed by atoms with E-state index >= 15 is 0 Å². The molecule has 0 radical (unpaired) electrons. The summed E-state index contributed by atoms with van der Waals surface area (Å²) in [5.74, 6) is 0. The minimum Gasteiger partial charge on any atom is -0.304 e. The fourth-order valence-corrected chi connectivity index (χ4v) is 3.68. The Morgan fingerprint density at radius 1 is 1.26 bits per heavy atom. The summed E-state index contributed by atoms with van der Waals surface area (Å²) >= 11 is 0. The van der Waals surface area contributed by atoms with Crippen molar-refractivity contribution >= 4 is 5.65 Å². The van der Waals surface area contributed by atoms with Gasteiger partial charge in [0.1, 0.15) is 5.65 Å². The number of imidazole rings is 1. The minimum atomic E-state index is 0.393. The molecule has 4 rings (SSSR count). The Bertz CT molecular complexity index is 836. The van der Waals surface area contributed by atoms with E-state index in [0.717, 1.165) is 24.3 Å². The third kappa shape index (κ3) is 2.53. The second-order valence-corrected chi connectivity index (χ2v) is 6.44. The first kappa shape index (κ1) is 14.4. The molecular formula is C19H22N4. The third-order valence-corrected chi connectivity index (χ3v) is 4.96. The predicted molar refractivity (Wildman–Crippen MR) is 91.3 cm³/mol. The van der Waals surface area contributed by atoms with Crippen molar-refractivity contribution in [3.05, 3.63) is 65.4 Å². The van der Waals surface area contributed by atoms with E-state index in [4.69, 9.17) is 4.98 Å². The van der Waals surface area contributed by atoms with Gasteiger partial charge in [-0.15, -0.1) is 0 Å². The molecular weight excluding hydrogens is 284 g/mol. The number of aryl methyl sites for hydroxylation is 2. The van der Waals surface area contributed by atoms with Crippen LogP contribution in [-0.2, 0) is 13.0 Å². The first-order valence-electron chi connectivity index (χ1n) is 8.30. The van der Waals surface area contributed by atoms with Crippen molar-refractivity contribution in [1.82, 2.24) is 19.3 Å². The van der Waals surface area contributed by atoms with Crippen LogP contribution >= 0.6 is 0 Å². The van der Waals surface area contributed by atoms with E-state index in [2.05, 4.69) is 52.7 Å². The molecule has 3 aromatic heterocycles. The minimum absolute atomic E-state index is 0.393. The maximum absolute atomic E-state index is 4.80. The SMILES string of the molecule is Cc1c(CN(C)C2CCCc3cccnc32)nc2ccccn12. The van der Waals surface area contributed by atoms with E-state index in [9.17, 15) is 0 Å². The molecule has 1 aliphatic rings. The Labute approximate surface area is 136 Å². The van der Waals surface area contributed by atoms with Gasteiger partial charge in [-0.3, -0.25) is 9.88 Å². The smallest absolute Gasteiger partial charge is 0.137 e. The normalized spacial score (nSPS) is 17.6. The Morgan fingerprint density at radius 3 is 3.04 bits per heavy atom. The van der Waals surface area contributed by atoms with Gasteiger partial charge in [-0.2, -0.15) is 0 Å². The maximum atomic E-state index is 4.80. The van der Waals surface area contributed by atoms with Crippen LogP contribution in [0.15, 0.2) is 42.7 Å². The number of nitrogens with zero attached hydrogens (tertiary/aromatic N) is 4. The molecule has 0 saturated heterocycles. The molecule has 4 nitrogen and oxygen atoms in total. The molecule has 0 aromatic carbocycles. The second-order valence-electron chi connectivity index (χ2n) is 6.44. The predicted octanol–water partition coefficient (Wildman–Crippen LogP) is 3.55. The van der Waals surface area contributed by atoms with Crippen LogP contribution in [0.25, 0.3) is 5.65 Å². The highest BCUT2D eigenvalue weighted by Gasteiger charge is 2.25. The molecule has 0 spiro atoms.